The van der Waals surface area contributed by atoms with E-state index >= 15 is 0 Å². The first kappa shape index (κ1) is 22.3. The van der Waals surface area contributed by atoms with Gasteiger partial charge in [0.1, 0.15) is 11.5 Å². The fourth-order valence-electron chi connectivity index (χ4n) is 2.74. The average Bonchev–Trinajstić information content (AvgIpc) is 2.67. The number of rotatable bonds is 9. The summed E-state index contributed by atoms with van der Waals surface area (Å²) in [6, 6.07) is 12.6. The van der Waals surface area contributed by atoms with Crippen molar-refractivity contribution in [3.63, 3.8) is 0 Å². The van der Waals surface area contributed by atoms with Gasteiger partial charge in [0, 0.05) is 30.6 Å². The van der Waals surface area contributed by atoms with Crippen molar-refractivity contribution in [3.05, 3.63) is 71.3 Å². The molecule has 0 saturated heterocycles. The molecule has 0 fully saturated rings. The van der Waals surface area contributed by atoms with Crippen LogP contribution in [-0.4, -0.2) is 34.6 Å². The SMILES string of the molecule is CC(C)=CC(=O)Oc1cccc(C(=O)CCNC(C)C(O)c2ccc(O)cc2)c1. The van der Waals surface area contributed by atoms with Crippen molar-refractivity contribution in [2.24, 2.45) is 0 Å². The molecule has 0 heterocycles. The summed E-state index contributed by atoms with van der Waals surface area (Å²) in [5, 5.41) is 22.8. The summed E-state index contributed by atoms with van der Waals surface area (Å²) in [7, 11) is 0. The van der Waals surface area contributed by atoms with Crippen LogP contribution in [0.15, 0.2) is 60.2 Å². The van der Waals surface area contributed by atoms with Crippen LogP contribution in [0, 0.1) is 0 Å². The molecule has 0 bridgehead atoms. The third-order valence-electron chi connectivity index (χ3n) is 4.31. The summed E-state index contributed by atoms with van der Waals surface area (Å²) in [5.74, 6) is -0.111. The minimum atomic E-state index is -0.761. The fraction of sp³-hybridized carbons (Fsp3) is 0.304. The highest BCUT2D eigenvalue weighted by Crippen LogP contribution is 2.20. The number of aliphatic hydroxyl groups is 1. The van der Waals surface area contributed by atoms with Gasteiger partial charge in [-0.2, -0.15) is 0 Å². The van der Waals surface area contributed by atoms with Crippen molar-refractivity contribution in [1.82, 2.24) is 5.32 Å². The first-order valence-corrected chi connectivity index (χ1v) is 9.46. The Kier molecular flexibility index (Phi) is 8.12. The number of benzene rings is 2. The van der Waals surface area contributed by atoms with E-state index in [1.807, 2.05) is 6.92 Å². The van der Waals surface area contributed by atoms with Gasteiger partial charge in [-0.3, -0.25) is 4.79 Å². The molecule has 3 N–H and O–H groups in total. The Hall–Kier alpha value is -2.96. The number of phenols is 1. The number of hydrogen-bond donors (Lipinski definition) is 3. The number of allylic oxidation sites excluding steroid dienone is 1. The summed E-state index contributed by atoms with van der Waals surface area (Å²) in [5.41, 5.74) is 1.97. The Morgan fingerprint density at radius 1 is 1.14 bits per heavy atom. The van der Waals surface area contributed by atoms with E-state index in [1.165, 1.54) is 18.2 Å². The van der Waals surface area contributed by atoms with E-state index in [1.54, 1.807) is 50.2 Å². The number of carbonyl (C=O) groups is 2. The van der Waals surface area contributed by atoms with Gasteiger partial charge in [0.2, 0.25) is 0 Å². The van der Waals surface area contributed by atoms with Crippen LogP contribution in [0.1, 0.15) is 49.2 Å². The van der Waals surface area contributed by atoms with Crippen LogP contribution in [0.3, 0.4) is 0 Å². The van der Waals surface area contributed by atoms with Crippen molar-refractivity contribution >= 4 is 11.8 Å². The van der Waals surface area contributed by atoms with Crippen molar-refractivity contribution in [1.29, 1.82) is 0 Å². The molecular formula is C23H27NO5. The number of aromatic hydroxyl groups is 1. The zero-order valence-corrected chi connectivity index (χ0v) is 16.9. The van der Waals surface area contributed by atoms with E-state index in [9.17, 15) is 19.8 Å². The molecule has 29 heavy (non-hydrogen) atoms. The first-order valence-electron chi connectivity index (χ1n) is 9.46. The normalized spacial score (nSPS) is 12.7. The predicted octanol–water partition coefficient (Wildman–Crippen LogP) is 3.55. The Bertz CT molecular complexity index is 869. The molecule has 0 saturated carbocycles. The van der Waals surface area contributed by atoms with Crippen LogP contribution in [0.5, 0.6) is 11.5 Å². The molecule has 0 spiro atoms. The minimum absolute atomic E-state index is 0.0936. The highest BCUT2D eigenvalue weighted by molar-refractivity contribution is 5.96. The molecule has 6 nitrogen and oxygen atoms in total. The zero-order chi connectivity index (χ0) is 21.4. The van der Waals surface area contributed by atoms with Crippen molar-refractivity contribution < 1.29 is 24.5 Å². The molecule has 0 aromatic heterocycles. The second kappa shape index (κ2) is 10.5. The van der Waals surface area contributed by atoms with E-state index in [4.69, 9.17) is 4.74 Å². The molecule has 0 aliphatic carbocycles. The molecule has 2 atom stereocenters. The lowest BCUT2D eigenvalue weighted by atomic mass is 10.0. The second-order valence-corrected chi connectivity index (χ2v) is 7.12. The molecule has 2 aromatic carbocycles. The third kappa shape index (κ3) is 7.18. The fourth-order valence-corrected chi connectivity index (χ4v) is 2.74. The number of hydrogen-bond acceptors (Lipinski definition) is 6. The first-order chi connectivity index (χ1) is 13.8. The number of ketones is 1. The molecule has 0 aliphatic heterocycles. The van der Waals surface area contributed by atoms with E-state index in [0.717, 1.165) is 5.57 Å². The Morgan fingerprint density at radius 2 is 1.83 bits per heavy atom. The largest absolute Gasteiger partial charge is 0.508 e. The Morgan fingerprint density at radius 3 is 2.48 bits per heavy atom. The number of carbonyl (C=O) groups excluding carboxylic acids is 2. The van der Waals surface area contributed by atoms with Crippen LogP contribution in [0.4, 0.5) is 0 Å². The molecule has 6 heteroatoms. The summed E-state index contributed by atoms with van der Waals surface area (Å²) >= 11 is 0. The lowest BCUT2D eigenvalue weighted by Crippen LogP contribution is -2.33. The number of nitrogens with one attached hydrogen (secondary N) is 1. The number of Topliss-reactive ketones (excluding diaryl/α,β-unsaturated/α-hetero) is 1. The van der Waals surface area contributed by atoms with Crippen molar-refractivity contribution in [2.45, 2.75) is 39.3 Å². The van der Waals surface area contributed by atoms with E-state index in [0.29, 0.717) is 23.4 Å². The monoisotopic (exact) mass is 397 g/mol. The zero-order valence-electron chi connectivity index (χ0n) is 16.9. The Balaban J connectivity index is 1.87. The average molecular weight is 397 g/mol. The molecule has 2 rings (SSSR count). The van der Waals surface area contributed by atoms with Gasteiger partial charge in [0.15, 0.2) is 5.78 Å². The quantitative estimate of drug-likeness (QED) is 0.259. The minimum Gasteiger partial charge on any atom is -0.508 e. The number of phenolic OH excluding ortho intramolecular Hbond substituents is 1. The summed E-state index contributed by atoms with van der Waals surface area (Å²) in [6.07, 6.45) is 0.862. The summed E-state index contributed by atoms with van der Waals surface area (Å²) in [6.45, 7) is 5.81. The van der Waals surface area contributed by atoms with Crippen LogP contribution in [0.2, 0.25) is 0 Å². The molecule has 154 valence electrons. The van der Waals surface area contributed by atoms with Crippen LogP contribution in [-0.2, 0) is 4.79 Å². The highest BCUT2D eigenvalue weighted by atomic mass is 16.5. The van der Waals surface area contributed by atoms with Gasteiger partial charge >= 0.3 is 5.97 Å². The molecule has 0 radical (unpaired) electrons. The van der Waals surface area contributed by atoms with Gasteiger partial charge in [0.05, 0.1) is 6.10 Å². The van der Waals surface area contributed by atoms with Gasteiger partial charge in [-0.25, -0.2) is 4.79 Å². The summed E-state index contributed by atoms with van der Waals surface area (Å²) in [4.78, 5) is 24.2. The van der Waals surface area contributed by atoms with Crippen molar-refractivity contribution in [2.75, 3.05) is 6.54 Å². The van der Waals surface area contributed by atoms with Crippen LogP contribution < -0.4 is 10.1 Å². The molecule has 2 aromatic rings. The molecule has 0 amide bonds. The Labute approximate surface area is 170 Å². The van der Waals surface area contributed by atoms with Crippen LogP contribution >= 0.6 is 0 Å². The molecule has 0 aliphatic rings. The third-order valence-corrected chi connectivity index (χ3v) is 4.31. The maximum Gasteiger partial charge on any atom is 0.336 e. The maximum absolute atomic E-state index is 12.4. The van der Waals surface area contributed by atoms with Crippen LogP contribution in [0.25, 0.3) is 0 Å². The molecule has 2 unspecified atom stereocenters. The smallest absolute Gasteiger partial charge is 0.336 e. The van der Waals surface area contributed by atoms with E-state index in [2.05, 4.69) is 5.32 Å². The second-order valence-electron chi connectivity index (χ2n) is 7.12. The maximum atomic E-state index is 12.4. The van der Waals surface area contributed by atoms with Gasteiger partial charge < -0.3 is 20.3 Å². The van der Waals surface area contributed by atoms with E-state index < -0.39 is 12.1 Å². The van der Waals surface area contributed by atoms with E-state index in [-0.39, 0.29) is 24.0 Å². The van der Waals surface area contributed by atoms with Gasteiger partial charge in [-0.1, -0.05) is 29.8 Å². The van der Waals surface area contributed by atoms with Crippen molar-refractivity contribution in [3.8, 4) is 11.5 Å². The van der Waals surface area contributed by atoms with Gasteiger partial charge in [-0.15, -0.1) is 0 Å². The number of ether oxygens (including phenoxy) is 1. The predicted molar refractivity (Wildman–Crippen MR) is 111 cm³/mol. The number of esters is 1. The topological polar surface area (TPSA) is 95.9 Å². The lowest BCUT2D eigenvalue weighted by Gasteiger charge is -2.20. The standard InChI is InChI=1S/C23H27NO5/c1-15(2)13-22(27)29-20-6-4-5-18(14-20)21(26)11-12-24-16(3)23(28)17-7-9-19(25)10-8-17/h4-10,13-14,16,23-25,28H,11-12H2,1-3H3. The van der Waals surface area contributed by atoms with Gasteiger partial charge in [0.25, 0.3) is 0 Å². The molecular weight excluding hydrogens is 370 g/mol. The van der Waals surface area contributed by atoms with Gasteiger partial charge in [-0.05, 0) is 50.6 Å². The number of aliphatic hydroxyl groups excluding tert-OH is 1. The highest BCUT2D eigenvalue weighted by Gasteiger charge is 2.16. The summed E-state index contributed by atoms with van der Waals surface area (Å²) < 4.78 is 5.21. The lowest BCUT2D eigenvalue weighted by molar-refractivity contribution is -0.129.